The highest BCUT2D eigenvalue weighted by atomic mass is 16.6. The van der Waals surface area contributed by atoms with Gasteiger partial charge in [0.25, 0.3) is 0 Å². The maximum absolute atomic E-state index is 12.8. The van der Waals surface area contributed by atoms with Crippen molar-refractivity contribution in [2.75, 3.05) is 13.2 Å². The average molecular weight is 889 g/mol. The lowest BCUT2D eigenvalue weighted by molar-refractivity contribution is -0.167. The van der Waals surface area contributed by atoms with E-state index in [0.717, 1.165) is 89.9 Å². The maximum Gasteiger partial charge on any atom is 0.306 e. The molecule has 0 rings (SSSR count). The molecule has 6 heteroatoms. The first-order chi connectivity index (χ1) is 32.0. The van der Waals surface area contributed by atoms with E-state index in [0.29, 0.717) is 19.3 Å². The van der Waals surface area contributed by atoms with Crippen molar-refractivity contribution in [2.24, 2.45) is 0 Å². The number of ether oxygens (including phenoxy) is 3. The van der Waals surface area contributed by atoms with E-state index in [9.17, 15) is 14.4 Å². The fourth-order valence-electron chi connectivity index (χ4n) is 5.58. The molecule has 6 nitrogen and oxygen atoms in total. The van der Waals surface area contributed by atoms with Crippen LogP contribution in [0.4, 0.5) is 0 Å². The third-order valence-electron chi connectivity index (χ3n) is 9.14. The van der Waals surface area contributed by atoms with Gasteiger partial charge < -0.3 is 14.2 Å². The highest BCUT2D eigenvalue weighted by molar-refractivity contribution is 5.71. The van der Waals surface area contributed by atoms with Crippen LogP contribution in [-0.2, 0) is 28.6 Å². The quantitative estimate of drug-likeness (QED) is 0.0200. The summed E-state index contributed by atoms with van der Waals surface area (Å²) < 4.78 is 16.6. The molecule has 0 saturated carbocycles. The molecule has 0 aliphatic carbocycles. The summed E-state index contributed by atoms with van der Waals surface area (Å²) in [6.45, 7) is 6.07. The van der Waals surface area contributed by atoms with Gasteiger partial charge in [0.05, 0.1) is 0 Å². The second-order valence-corrected chi connectivity index (χ2v) is 15.1. The van der Waals surface area contributed by atoms with Crippen LogP contribution >= 0.6 is 0 Å². The summed E-state index contributed by atoms with van der Waals surface area (Å²) in [5.74, 6) is -1.11. The average Bonchev–Trinajstić information content (AvgIpc) is 3.30. The van der Waals surface area contributed by atoms with E-state index in [1.54, 1.807) is 0 Å². The van der Waals surface area contributed by atoms with Crippen molar-refractivity contribution in [1.29, 1.82) is 0 Å². The minimum atomic E-state index is -0.853. The Morgan fingerprint density at radius 3 is 1.05 bits per heavy atom. The molecule has 1 unspecified atom stereocenters. The van der Waals surface area contributed by atoms with Crippen molar-refractivity contribution >= 4 is 17.9 Å². The van der Waals surface area contributed by atoms with E-state index in [-0.39, 0.29) is 44.4 Å². The molecule has 0 aromatic heterocycles. The topological polar surface area (TPSA) is 78.9 Å². The molecule has 0 fully saturated rings. The predicted octanol–water partition coefficient (Wildman–Crippen LogP) is 16.2. The van der Waals surface area contributed by atoms with Crippen LogP contribution in [0, 0.1) is 0 Å². The first kappa shape index (κ1) is 59.5. The number of unbranched alkanes of at least 4 members (excludes halogenated alkanes) is 7. The van der Waals surface area contributed by atoms with Gasteiger partial charge in [0.1, 0.15) is 13.2 Å². The number of hydrogen-bond acceptors (Lipinski definition) is 6. The van der Waals surface area contributed by atoms with E-state index < -0.39 is 12.1 Å². The lowest BCUT2D eigenvalue weighted by Crippen LogP contribution is -2.30. The van der Waals surface area contributed by atoms with E-state index >= 15 is 0 Å². The second-order valence-electron chi connectivity index (χ2n) is 15.1. The molecule has 356 valence electrons. The zero-order chi connectivity index (χ0) is 47.2. The SMILES string of the molecule is CC/C=C/C=C/C=C/C=C/C=C/C=C/CCCCCC(=O)OCC(COC(=O)CCCCC/C=C/C=C/C=C/C=C/CC)OC(=O)CCC/C=C/C/C=C/C/C=C/C/C=C/C/C=C/CC. The van der Waals surface area contributed by atoms with Crippen LogP contribution in [0.3, 0.4) is 0 Å². The normalized spacial score (nSPS) is 13.7. The molecule has 65 heavy (non-hydrogen) atoms. The molecule has 0 radical (unpaired) electrons. The van der Waals surface area contributed by atoms with Crippen molar-refractivity contribution in [3.63, 3.8) is 0 Å². The highest BCUT2D eigenvalue weighted by Crippen LogP contribution is 2.10. The van der Waals surface area contributed by atoms with Crippen molar-refractivity contribution in [3.05, 3.63) is 182 Å². The Balaban J connectivity index is 4.69. The summed E-state index contributed by atoms with van der Waals surface area (Å²) in [5, 5.41) is 0. The van der Waals surface area contributed by atoms with Gasteiger partial charge in [-0.3, -0.25) is 14.4 Å². The summed E-state index contributed by atoms with van der Waals surface area (Å²) in [6.07, 6.45) is 77.3. The first-order valence-electron chi connectivity index (χ1n) is 24.4. The Bertz CT molecular complexity index is 1630. The number of hydrogen-bond donors (Lipinski definition) is 0. The Morgan fingerprint density at radius 2 is 0.646 bits per heavy atom. The van der Waals surface area contributed by atoms with Crippen molar-refractivity contribution in [1.82, 2.24) is 0 Å². The summed E-state index contributed by atoms with van der Waals surface area (Å²) in [6, 6.07) is 0. The van der Waals surface area contributed by atoms with Gasteiger partial charge in [0.15, 0.2) is 6.10 Å². The molecule has 0 aromatic rings. The molecule has 0 heterocycles. The predicted molar refractivity (Wildman–Crippen MR) is 278 cm³/mol. The van der Waals surface area contributed by atoms with Crippen molar-refractivity contribution in [3.8, 4) is 0 Å². The zero-order valence-corrected chi connectivity index (χ0v) is 40.4. The minimum Gasteiger partial charge on any atom is -0.462 e. The van der Waals surface area contributed by atoms with Crippen LogP contribution in [0.1, 0.15) is 149 Å². The Hall–Kier alpha value is -5.49. The molecule has 0 saturated heterocycles. The molecular formula is C59H84O6. The van der Waals surface area contributed by atoms with Crippen LogP contribution in [-0.4, -0.2) is 37.2 Å². The number of carbonyl (C=O) groups excluding carboxylic acids is 3. The highest BCUT2D eigenvalue weighted by Gasteiger charge is 2.19. The lowest BCUT2D eigenvalue weighted by Gasteiger charge is -2.18. The molecule has 1 atom stereocenters. The fourth-order valence-corrected chi connectivity index (χ4v) is 5.58. The van der Waals surface area contributed by atoms with Gasteiger partial charge >= 0.3 is 17.9 Å². The minimum absolute atomic E-state index is 0.147. The van der Waals surface area contributed by atoms with Gasteiger partial charge in [-0.1, -0.05) is 216 Å². The first-order valence-corrected chi connectivity index (χ1v) is 24.4. The molecule has 0 amide bonds. The number of rotatable bonds is 40. The van der Waals surface area contributed by atoms with Gasteiger partial charge in [-0.15, -0.1) is 0 Å². The number of carbonyl (C=O) groups is 3. The van der Waals surface area contributed by atoms with Gasteiger partial charge in [-0.2, -0.15) is 0 Å². The van der Waals surface area contributed by atoms with Crippen molar-refractivity contribution in [2.45, 2.75) is 155 Å². The smallest absolute Gasteiger partial charge is 0.306 e. The van der Waals surface area contributed by atoms with Crippen LogP contribution in [0.2, 0.25) is 0 Å². The van der Waals surface area contributed by atoms with Crippen LogP contribution < -0.4 is 0 Å². The molecule has 0 aliphatic heterocycles. The van der Waals surface area contributed by atoms with Crippen LogP contribution in [0.25, 0.3) is 0 Å². The van der Waals surface area contributed by atoms with Gasteiger partial charge in [-0.25, -0.2) is 0 Å². The molecular weight excluding hydrogens is 805 g/mol. The van der Waals surface area contributed by atoms with Gasteiger partial charge in [-0.05, 0) is 96.3 Å². The summed E-state index contributed by atoms with van der Waals surface area (Å²) in [4.78, 5) is 37.9. The van der Waals surface area contributed by atoms with Crippen LogP contribution in [0.15, 0.2) is 182 Å². The van der Waals surface area contributed by atoms with E-state index in [1.165, 1.54) is 0 Å². The monoisotopic (exact) mass is 889 g/mol. The van der Waals surface area contributed by atoms with Gasteiger partial charge in [0, 0.05) is 19.3 Å². The fraction of sp³-hybridized carbons (Fsp3) is 0.441. The Labute approximate surface area is 395 Å². The van der Waals surface area contributed by atoms with E-state index in [1.807, 2.05) is 97.2 Å². The molecule has 0 N–H and O–H groups in total. The molecule has 0 aliphatic rings. The Morgan fingerprint density at radius 1 is 0.323 bits per heavy atom. The molecule has 0 aromatic carbocycles. The molecule has 0 bridgehead atoms. The maximum atomic E-state index is 12.8. The third kappa shape index (κ3) is 49.4. The van der Waals surface area contributed by atoms with E-state index in [2.05, 4.69) is 106 Å². The standard InChI is InChI=1S/C59H84O6/c1-4-7-10-13-16-19-22-25-27-29-31-34-37-40-43-46-49-52-58(61)64-55-56(54-63-57(60)51-48-45-42-39-36-33-24-21-18-15-12-9-6-3)65-59(62)53-50-47-44-41-38-35-32-30-28-26-23-20-17-14-11-8-5-2/h7-13,15-22,24-29,31-37,41,44,56H,4-6,14,23,30,38-40,42-43,45-55H2,1-3H3/b10-7+,11-8+,12-9+,16-13+,18-15+,20-17+,22-19+,24-21+,27-25+,28-26+,31-29+,35-32+,36-33+,37-34+,44-41+. The van der Waals surface area contributed by atoms with E-state index in [4.69, 9.17) is 14.2 Å². The van der Waals surface area contributed by atoms with Gasteiger partial charge in [0.2, 0.25) is 0 Å². The number of esters is 3. The Kier molecular flexibility index (Phi) is 46.8. The largest absolute Gasteiger partial charge is 0.462 e. The lowest BCUT2D eigenvalue weighted by atomic mass is 10.1. The molecule has 0 spiro atoms. The third-order valence-corrected chi connectivity index (χ3v) is 9.14. The summed E-state index contributed by atoms with van der Waals surface area (Å²) in [7, 11) is 0. The van der Waals surface area contributed by atoms with Crippen molar-refractivity contribution < 1.29 is 28.6 Å². The summed E-state index contributed by atoms with van der Waals surface area (Å²) in [5.41, 5.74) is 0. The summed E-state index contributed by atoms with van der Waals surface area (Å²) >= 11 is 0. The second kappa shape index (κ2) is 51.1. The van der Waals surface area contributed by atoms with Crippen LogP contribution in [0.5, 0.6) is 0 Å². The zero-order valence-electron chi connectivity index (χ0n) is 40.4. The number of allylic oxidation sites excluding steroid dienone is 30.